The molecule has 1 aliphatic rings. The van der Waals surface area contributed by atoms with Crippen molar-refractivity contribution < 1.29 is 24.2 Å². The van der Waals surface area contributed by atoms with Gasteiger partial charge in [0.25, 0.3) is 5.78 Å². The molecule has 5 heteroatoms. The van der Waals surface area contributed by atoms with E-state index in [4.69, 9.17) is 4.74 Å². The second kappa shape index (κ2) is 6.12. The van der Waals surface area contributed by atoms with Crippen LogP contribution < -0.4 is 0 Å². The Balaban J connectivity index is 2.07. The smallest absolute Gasteiger partial charge is 0.380 e. The van der Waals surface area contributed by atoms with Gasteiger partial charge >= 0.3 is 5.97 Å². The van der Waals surface area contributed by atoms with Crippen LogP contribution in [0.2, 0.25) is 0 Å². The monoisotopic (exact) mass is 322 g/mol. The summed E-state index contributed by atoms with van der Waals surface area (Å²) in [4.78, 5) is 35.2. The van der Waals surface area contributed by atoms with Gasteiger partial charge in [0.05, 0.1) is 5.57 Å². The first-order valence-electron chi connectivity index (χ1n) is 7.34. The molecule has 1 atom stereocenters. The summed E-state index contributed by atoms with van der Waals surface area (Å²) in [6.45, 7) is 1.45. The number of aliphatic hydroxyl groups is 1. The van der Waals surface area contributed by atoms with Gasteiger partial charge in [0.1, 0.15) is 5.76 Å². The summed E-state index contributed by atoms with van der Waals surface area (Å²) < 4.78 is 5.12. The molecule has 2 aromatic rings. The number of hydrogen-bond acceptors (Lipinski definition) is 5. The van der Waals surface area contributed by atoms with E-state index in [1.807, 2.05) is 0 Å². The molecule has 1 unspecified atom stereocenters. The molecule has 5 nitrogen and oxygen atoms in total. The molecule has 2 aromatic carbocycles. The van der Waals surface area contributed by atoms with Gasteiger partial charge in [-0.2, -0.15) is 0 Å². The fraction of sp³-hybridized carbons (Fsp3) is 0.105. The van der Waals surface area contributed by atoms with Crippen molar-refractivity contribution in [2.45, 2.75) is 13.0 Å². The molecule has 0 saturated carbocycles. The van der Waals surface area contributed by atoms with Gasteiger partial charge in [-0.25, -0.2) is 4.79 Å². The highest BCUT2D eigenvalue weighted by atomic mass is 16.6. The van der Waals surface area contributed by atoms with Crippen molar-refractivity contribution in [2.24, 2.45) is 0 Å². The molecule has 1 fully saturated rings. The molecule has 3 rings (SSSR count). The average Bonchev–Trinajstić information content (AvgIpc) is 2.90. The zero-order valence-electron chi connectivity index (χ0n) is 12.9. The fourth-order valence-electron chi connectivity index (χ4n) is 2.56. The van der Waals surface area contributed by atoms with Gasteiger partial charge in [0, 0.05) is 11.1 Å². The number of Topliss-reactive ketones (excluding diaryl/α,β-unsaturated/α-hetero) is 2. The Labute approximate surface area is 138 Å². The summed E-state index contributed by atoms with van der Waals surface area (Å²) in [7, 11) is 0. The maximum Gasteiger partial charge on any atom is 0.380 e. The van der Waals surface area contributed by atoms with Gasteiger partial charge in [-0.3, -0.25) is 9.59 Å². The first kappa shape index (κ1) is 15.7. The Bertz CT molecular complexity index is 847. The van der Waals surface area contributed by atoms with Gasteiger partial charge in [-0.1, -0.05) is 54.6 Å². The first-order valence-corrected chi connectivity index (χ1v) is 7.34. The second-order valence-electron chi connectivity index (χ2n) is 5.42. The number of rotatable bonds is 3. The number of hydrogen-bond donors (Lipinski definition) is 1. The van der Waals surface area contributed by atoms with Gasteiger partial charge in [-0.05, 0) is 12.5 Å². The molecule has 1 N–H and O–H groups in total. The van der Waals surface area contributed by atoms with Crippen molar-refractivity contribution in [3.63, 3.8) is 0 Å². The summed E-state index contributed by atoms with van der Waals surface area (Å²) in [6, 6.07) is 14.9. The van der Waals surface area contributed by atoms with Crippen molar-refractivity contribution in [1.82, 2.24) is 0 Å². The molecule has 24 heavy (non-hydrogen) atoms. The number of cyclic esters (lactones) is 1. The standard InChI is InChI=1S/C19H14O5/c1-11(20)12-7-9-14(10-8-12)18-15(17(22)19(23)24-18)16(21)13-5-3-2-4-6-13/h2-10,18,21H,1H3/b16-15-. The number of carbonyl (C=O) groups is 3. The van der Waals surface area contributed by atoms with Gasteiger partial charge in [0.2, 0.25) is 0 Å². The minimum atomic E-state index is -1.01. The molecule has 1 saturated heterocycles. The largest absolute Gasteiger partial charge is 0.507 e. The van der Waals surface area contributed by atoms with E-state index < -0.39 is 17.9 Å². The Morgan fingerprint density at radius 3 is 2.17 bits per heavy atom. The van der Waals surface area contributed by atoms with Crippen molar-refractivity contribution in [1.29, 1.82) is 0 Å². The number of ketones is 2. The summed E-state index contributed by atoms with van der Waals surface area (Å²) >= 11 is 0. The minimum Gasteiger partial charge on any atom is -0.507 e. The highest BCUT2D eigenvalue weighted by molar-refractivity contribution is 6.44. The molecule has 0 aliphatic carbocycles. The van der Waals surface area contributed by atoms with Gasteiger partial charge in [0.15, 0.2) is 11.9 Å². The number of carbonyl (C=O) groups excluding carboxylic acids is 3. The molecule has 1 aliphatic heterocycles. The predicted molar refractivity (Wildman–Crippen MR) is 86.3 cm³/mol. The lowest BCUT2D eigenvalue weighted by atomic mass is 9.96. The number of esters is 1. The average molecular weight is 322 g/mol. The third kappa shape index (κ3) is 2.72. The van der Waals surface area contributed by atoms with Crippen LogP contribution in [0.15, 0.2) is 60.2 Å². The summed E-state index contributed by atoms with van der Waals surface area (Å²) in [5.41, 5.74) is 1.34. The van der Waals surface area contributed by atoms with Crippen molar-refractivity contribution in [2.75, 3.05) is 0 Å². The Kier molecular flexibility index (Phi) is 4.00. The minimum absolute atomic E-state index is 0.0936. The van der Waals surface area contributed by atoms with E-state index in [1.165, 1.54) is 6.92 Å². The van der Waals surface area contributed by atoms with Crippen LogP contribution in [0.3, 0.4) is 0 Å². The summed E-state index contributed by atoms with van der Waals surface area (Å²) in [6.07, 6.45) is -0.994. The van der Waals surface area contributed by atoms with Crippen LogP contribution in [0.25, 0.3) is 5.76 Å². The lowest BCUT2D eigenvalue weighted by Gasteiger charge is -2.12. The van der Waals surface area contributed by atoms with E-state index in [0.717, 1.165) is 0 Å². The first-order chi connectivity index (χ1) is 11.5. The molecule has 0 amide bonds. The van der Waals surface area contributed by atoms with E-state index in [1.54, 1.807) is 54.6 Å². The molecule has 0 radical (unpaired) electrons. The van der Waals surface area contributed by atoms with Gasteiger partial charge < -0.3 is 9.84 Å². The topological polar surface area (TPSA) is 80.7 Å². The highest BCUT2D eigenvalue weighted by Gasteiger charge is 2.42. The SMILES string of the molecule is CC(=O)c1ccc(C2OC(=O)C(=O)/C2=C(/O)c2ccccc2)cc1. The van der Waals surface area contributed by atoms with Crippen molar-refractivity contribution >= 4 is 23.3 Å². The maximum atomic E-state index is 12.1. The molecule has 120 valence electrons. The summed E-state index contributed by atoms with van der Waals surface area (Å²) in [5, 5.41) is 10.5. The highest BCUT2D eigenvalue weighted by Crippen LogP contribution is 2.36. The van der Waals surface area contributed by atoms with Crippen molar-refractivity contribution in [3.8, 4) is 0 Å². The zero-order chi connectivity index (χ0) is 17.3. The number of ether oxygens (including phenoxy) is 1. The Morgan fingerprint density at radius 2 is 1.58 bits per heavy atom. The van der Waals surface area contributed by atoms with Crippen LogP contribution in [-0.4, -0.2) is 22.6 Å². The third-order valence-corrected chi connectivity index (χ3v) is 3.84. The van der Waals surface area contributed by atoms with E-state index in [9.17, 15) is 19.5 Å². The maximum absolute atomic E-state index is 12.1. The Morgan fingerprint density at radius 1 is 0.958 bits per heavy atom. The fourth-order valence-corrected chi connectivity index (χ4v) is 2.56. The van der Waals surface area contributed by atoms with Gasteiger partial charge in [-0.15, -0.1) is 0 Å². The number of aliphatic hydroxyl groups excluding tert-OH is 1. The van der Waals surface area contributed by atoms with Crippen LogP contribution >= 0.6 is 0 Å². The molecule has 0 bridgehead atoms. The molecule has 1 heterocycles. The predicted octanol–water partition coefficient (Wildman–Crippen LogP) is 3.03. The quantitative estimate of drug-likeness (QED) is 0.309. The van der Waals surface area contributed by atoms with Crippen LogP contribution in [0.5, 0.6) is 0 Å². The second-order valence-corrected chi connectivity index (χ2v) is 5.42. The number of benzene rings is 2. The van der Waals surface area contributed by atoms with E-state index in [2.05, 4.69) is 0 Å². The Hall–Kier alpha value is -3.21. The summed E-state index contributed by atoms with van der Waals surface area (Å²) in [5.74, 6) is -2.25. The lowest BCUT2D eigenvalue weighted by molar-refractivity contribution is -0.149. The third-order valence-electron chi connectivity index (χ3n) is 3.84. The van der Waals surface area contributed by atoms with Crippen molar-refractivity contribution in [3.05, 3.63) is 76.9 Å². The molecule has 0 spiro atoms. The van der Waals surface area contributed by atoms with Crippen LogP contribution in [0.4, 0.5) is 0 Å². The lowest BCUT2D eigenvalue weighted by Crippen LogP contribution is -2.08. The van der Waals surface area contributed by atoms with Crippen LogP contribution in [0.1, 0.15) is 34.5 Å². The van der Waals surface area contributed by atoms with E-state index in [0.29, 0.717) is 16.7 Å². The molecular weight excluding hydrogens is 308 g/mol. The zero-order valence-corrected chi connectivity index (χ0v) is 12.9. The van der Waals surface area contributed by atoms with Crippen LogP contribution in [-0.2, 0) is 14.3 Å². The molecule has 0 aromatic heterocycles. The normalized spacial score (nSPS) is 19.1. The van der Waals surface area contributed by atoms with Crippen LogP contribution in [0, 0.1) is 0 Å². The van der Waals surface area contributed by atoms with E-state index in [-0.39, 0.29) is 17.1 Å². The van der Waals surface area contributed by atoms with E-state index >= 15 is 0 Å². The molecular formula is C19H14O5.